The van der Waals surface area contributed by atoms with Crippen LogP contribution in [0.2, 0.25) is 0 Å². The van der Waals surface area contributed by atoms with Gasteiger partial charge in [-0.3, -0.25) is 9.69 Å². The molecule has 3 aromatic rings. The summed E-state index contributed by atoms with van der Waals surface area (Å²) < 4.78 is 23.6. The number of nitrogens with zero attached hydrogens (tertiary/aromatic N) is 3. The molecule has 0 saturated carbocycles. The number of benzene rings is 2. The second-order valence-corrected chi connectivity index (χ2v) is 8.59. The molecule has 1 aromatic heterocycles. The van der Waals surface area contributed by atoms with Crippen molar-refractivity contribution in [3.05, 3.63) is 35.9 Å². The fraction of sp³-hybridized carbons (Fsp3) is 0.364. The van der Waals surface area contributed by atoms with Crippen LogP contribution in [0.1, 0.15) is 10.4 Å². The number of amides is 1. The van der Waals surface area contributed by atoms with Gasteiger partial charge >= 0.3 is 0 Å². The number of hydrogen-bond acceptors (Lipinski definition) is 8. The van der Waals surface area contributed by atoms with Crippen molar-refractivity contribution in [3.63, 3.8) is 0 Å². The van der Waals surface area contributed by atoms with E-state index < -0.39 is 0 Å². The number of aromatic nitrogens is 1. The summed E-state index contributed by atoms with van der Waals surface area (Å²) in [6.45, 7) is 3.25. The second kappa shape index (κ2) is 9.40. The number of likely N-dealkylation sites (N-methyl/N-ethyl adjacent to an activating group) is 1. The molecule has 0 aliphatic carbocycles. The lowest BCUT2D eigenvalue weighted by Gasteiger charge is -2.23. The van der Waals surface area contributed by atoms with Crippen molar-refractivity contribution >= 4 is 45.0 Å². The van der Waals surface area contributed by atoms with Gasteiger partial charge in [-0.15, -0.1) is 12.4 Å². The number of ether oxygens (including phenoxy) is 4. The Morgan fingerprint density at radius 1 is 0.906 bits per heavy atom. The van der Waals surface area contributed by atoms with Crippen LogP contribution in [0, 0.1) is 0 Å². The molecule has 5 rings (SSSR count). The van der Waals surface area contributed by atoms with Crippen molar-refractivity contribution in [1.29, 1.82) is 0 Å². The Bertz CT molecular complexity index is 1090. The zero-order valence-electron chi connectivity index (χ0n) is 17.8. The summed E-state index contributed by atoms with van der Waals surface area (Å²) >= 11 is 1.47. The van der Waals surface area contributed by atoms with Crippen LogP contribution in [0.15, 0.2) is 30.3 Å². The number of halogens is 1. The van der Waals surface area contributed by atoms with Crippen molar-refractivity contribution in [2.45, 2.75) is 0 Å². The average molecular weight is 478 g/mol. The molecular formula is C22H24ClN3O5S. The van der Waals surface area contributed by atoms with Gasteiger partial charge in [0, 0.05) is 30.8 Å². The Morgan fingerprint density at radius 3 is 2.22 bits per heavy atom. The Kier molecular flexibility index (Phi) is 6.59. The minimum absolute atomic E-state index is 0. The molecule has 0 fully saturated rings. The molecule has 1 amide bonds. The van der Waals surface area contributed by atoms with E-state index in [0.717, 1.165) is 10.2 Å². The zero-order valence-corrected chi connectivity index (χ0v) is 19.5. The molecule has 0 bridgehead atoms. The molecule has 3 heterocycles. The summed E-state index contributed by atoms with van der Waals surface area (Å²) in [5, 5.41) is 0.638. The third-order valence-corrected chi connectivity index (χ3v) is 6.12. The fourth-order valence-corrected chi connectivity index (χ4v) is 4.48. The normalized spacial score (nSPS) is 14.2. The highest BCUT2D eigenvalue weighted by Crippen LogP contribution is 2.39. The van der Waals surface area contributed by atoms with Gasteiger partial charge in [0.25, 0.3) is 5.91 Å². The fourth-order valence-electron chi connectivity index (χ4n) is 3.48. The van der Waals surface area contributed by atoms with E-state index in [-0.39, 0.29) is 18.3 Å². The van der Waals surface area contributed by atoms with Crippen molar-refractivity contribution in [3.8, 4) is 23.0 Å². The molecule has 2 aromatic carbocycles. The molecule has 0 saturated heterocycles. The molecule has 0 radical (unpaired) electrons. The first-order chi connectivity index (χ1) is 15.1. The van der Waals surface area contributed by atoms with Gasteiger partial charge in [0.15, 0.2) is 28.1 Å². The molecular weight excluding hydrogens is 454 g/mol. The lowest BCUT2D eigenvalue weighted by atomic mass is 10.1. The number of anilines is 1. The van der Waals surface area contributed by atoms with Crippen LogP contribution in [0.3, 0.4) is 0 Å². The predicted octanol–water partition coefficient (Wildman–Crippen LogP) is 3.47. The number of thiazole rings is 1. The summed E-state index contributed by atoms with van der Waals surface area (Å²) in [6.07, 6.45) is 0. The molecule has 0 spiro atoms. The Hall–Kier alpha value is -2.75. The maximum atomic E-state index is 13.5. The van der Waals surface area contributed by atoms with Crippen LogP contribution < -0.4 is 23.8 Å². The van der Waals surface area contributed by atoms with E-state index in [1.165, 1.54) is 11.3 Å². The maximum Gasteiger partial charge on any atom is 0.260 e. The van der Waals surface area contributed by atoms with Crippen LogP contribution in [0.5, 0.6) is 23.0 Å². The molecule has 0 atom stereocenters. The van der Waals surface area contributed by atoms with E-state index in [1.807, 2.05) is 31.1 Å². The van der Waals surface area contributed by atoms with Crippen LogP contribution in [-0.4, -0.2) is 69.4 Å². The SMILES string of the molecule is CN(C)CCN(C(=O)c1ccc2c(c1)OCCO2)c1nc2cc3c(cc2s1)OCCO3.Cl. The topological polar surface area (TPSA) is 73.4 Å². The van der Waals surface area contributed by atoms with Gasteiger partial charge in [-0.25, -0.2) is 4.98 Å². The average Bonchev–Trinajstić information content (AvgIpc) is 3.19. The van der Waals surface area contributed by atoms with Gasteiger partial charge in [-0.1, -0.05) is 11.3 Å². The van der Waals surface area contributed by atoms with Crippen LogP contribution in [-0.2, 0) is 0 Å². The summed E-state index contributed by atoms with van der Waals surface area (Å²) in [6, 6.07) is 9.11. The van der Waals surface area contributed by atoms with Crippen LogP contribution >= 0.6 is 23.7 Å². The lowest BCUT2D eigenvalue weighted by Crippen LogP contribution is -2.36. The van der Waals surface area contributed by atoms with Gasteiger partial charge in [0.2, 0.25) is 0 Å². The summed E-state index contributed by atoms with van der Waals surface area (Å²) in [5.41, 5.74) is 1.32. The van der Waals surface area contributed by atoms with Gasteiger partial charge in [0.1, 0.15) is 26.4 Å². The van der Waals surface area contributed by atoms with Crippen molar-refractivity contribution < 1.29 is 23.7 Å². The Labute approximate surface area is 196 Å². The van der Waals surface area contributed by atoms with E-state index >= 15 is 0 Å². The summed E-state index contributed by atoms with van der Waals surface area (Å²) in [5.74, 6) is 2.53. The third kappa shape index (κ3) is 4.41. The third-order valence-electron chi connectivity index (χ3n) is 5.08. The van der Waals surface area contributed by atoms with E-state index in [4.69, 9.17) is 23.9 Å². The maximum absolute atomic E-state index is 13.5. The monoisotopic (exact) mass is 477 g/mol. The smallest absolute Gasteiger partial charge is 0.260 e. The zero-order chi connectivity index (χ0) is 21.4. The number of rotatable bonds is 5. The van der Waals surface area contributed by atoms with Crippen molar-refractivity contribution in [2.75, 3.05) is 58.5 Å². The standard InChI is InChI=1S/C22H23N3O5S.ClH/c1-24(2)5-6-25(21(26)14-3-4-16-17(11-14)28-8-7-27-16)22-23-15-12-18-19(13-20(15)31-22)30-10-9-29-18;/h3-4,11-13H,5-10H2,1-2H3;1H. The molecule has 10 heteroatoms. The summed E-state index contributed by atoms with van der Waals surface area (Å²) in [7, 11) is 3.96. The van der Waals surface area contributed by atoms with E-state index in [1.54, 1.807) is 23.1 Å². The van der Waals surface area contributed by atoms with Crippen LogP contribution in [0.4, 0.5) is 5.13 Å². The molecule has 0 N–H and O–H groups in total. The van der Waals surface area contributed by atoms with E-state index in [0.29, 0.717) is 73.2 Å². The number of carbonyl (C=O) groups excluding carboxylic acids is 1. The number of hydrogen-bond donors (Lipinski definition) is 0. The highest BCUT2D eigenvalue weighted by Gasteiger charge is 2.24. The first-order valence-corrected chi connectivity index (χ1v) is 11.0. The van der Waals surface area contributed by atoms with E-state index in [9.17, 15) is 4.79 Å². The predicted molar refractivity (Wildman–Crippen MR) is 126 cm³/mol. The van der Waals surface area contributed by atoms with Gasteiger partial charge < -0.3 is 23.8 Å². The Morgan fingerprint density at radius 2 is 1.53 bits per heavy atom. The molecule has 170 valence electrons. The number of fused-ring (bicyclic) bond motifs is 3. The van der Waals surface area contributed by atoms with Crippen molar-refractivity contribution in [2.24, 2.45) is 0 Å². The molecule has 8 nitrogen and oxygen atoms in total. The second-order valence-electron chi connectivity index (χ2n) is 7.58. The quantitative estimate of drug-likeness (QED) is 0.557. The number of carbonyl (C=O) groups is 1. The molecule has 0 unspecified atom stereocenters. The molecule has 32 heavy (non-hydrogen) atoms. The lowest BCUT2D eigenvalue weighted by molar-refractivity contribution is 0.0984. The van der Waals surface area contributed by atoms with Crippen molar-refractivity contribution in [1.82, 2.24) is 9.88 Å². The van der Waals surface area contributed by atoms with Gasteiger partial charge in [0.05, 0.1) is 10.2 Å². The Balaban J connectivity index is 0.00000245. The van der Waals surface area contributed by atoms with Gasteiger partial charge in [-0.05, 0) is 32.3 Å². The minimum atomic E-state index is -0.129. The summed E-state index contributed by atoms with van der Waals surface area (Å²) in [4.78, 5) is 22.0. The highest BCUT2D eigenvalue weighted by molar-refractivity contribution is 7.22. The highest BCUT2D eigenvalue weighted by atomic mass is 35.5. The van der Waals surface area contributed by atoms with Gasteiger partial charge in [-0.2, -0.15) is 0 Å². The first kappa shape index (κ1) is 22.4. The van der Waals surface area contributed by atoms with Crippen LogP contribution in [0.25, 0.3) is 10.2 Å². The molecule has 2 aliphatic rings. The largest absolute Gasteiger partial charge is 0.486 e. The molecule has 2 aliphatic heterocycles. The first-order valence-electron chi connectivity index (χ1n) is 10.1. The minimum Gasteiger partial charge on any atom is -0.486 e. The van der Waals surface area contributed by atoms with E-state index in [2.05, 4.69) is 0 Å².